The van der Waals surface area contributed by atoms with Gasteiger partial charge in [-0.2, -0.15) is 0 Å². The van der Waals surface area contributed by atoms with E-state index in [9.17, 15) is 10.1 Å². The Morgan fingerprint density at radius 3 is 2.62 bits per heavy atom. The molecule has 16 heavy (non-hydrogen) atoms. The van der Waals surface area contributed by atoms with Crippen LogP contribution in [0.3, 0.4) is 0 Å². The highest BCUT2D eigenvalue weighted by molar-refractivity contribution is 9.10. The van der Waals surface area contributed by atoms with Crippen molar-refractivity contribution in [1.82, 2.24) is 0 Å². The minimum Gasteiger partial charge on any atom is -0.258 e. The fraction of sp³-hybridized carbons (Fsp3) is 0.455. The molecule has 0 heterocycles. The van der Waals surface area contributed by atoms with Crippen molar-refractivity contribution in [2.45, 2.75) is 31.6 Å². The van der Waals surface area contributed by atoms with Gasteiger partial charge in [-0.15, -0.1) is 11.6 Å². The number of nitro benzene ring substituents is 1. The van der Waals surface area contributed by atoms with E-state index in [1.54, 1.807) is 6.07 Å². The van der Waals surface area contributed by atoms with E-state index in [2.05, 4.69) is 15.9 Å². The zero-order valence-corrected chi connectivity index (χ0v) is 11.5. The van der Waals surface area contributed by atoms with Crippen molar-refractivity contribution in [2.24, 2.45) is 0 Å². The van der Waals surface area contributed by atoms with E-state index in [1.165, 1.54) is 12.1 Å². The first-order valence-corrected chi connectivity index (χ1v) is 6.28. The van der Waals surface area contributed by atoms with Gasteiger partial charge >= 0.3 is 0 Å². The molecule has 0 amide bonds. The molecule has 1 aromatic carbocycles. The van der Waals surface area contributed by atoms with E-state index in [-0.39, 0.29) is 17.0 Å². The third-order valence-electron chi connectivity index (χ3n) is 2.62. The predicted octanol–water partition coefficient (Wildman–Crippen LogP) is 4.48. The van der Waals surface area contributed by atoms with Crippen LogP contribution in [0.2, 0.25) is 0 Å². The summed E-state index contributed by atoms with van der Waals surface area (Å²) in [4.78, 5) is 10.2. The first-order chi connectivity index (χ1) is 7.47. The third-order valence-corrected chi connectivity index (χ3v) is 3.99. The molecule has 0 radical (unpaired) electrons. The Kier molecular flexibility index (Phi) is 4.74. The SMILES string of the molecule is CCC(Cl)C(C)c1ccc([N+](=O)[O-])cc1Br. The third kappa shape index (κ3) is 2.95. The minimum absolute atomic E-state index is 0.0396. The number of nitro groups is 1. The fourth-order valence-corrected chi connectivity index (χ4v) is 2.41. The van der Waals surface area contributed by atoms with Gasteiger partial charge in [-0.1, -0.05) is 35.8 Å². The van der Waals surface area contributed by atoms with Crippen LogP contribution < -0.4 is 0 Å². The lowest BCUT2D eigenvalue weighted by atomic mass is 9.96. The Morgan fingerprint density at radius 1 is 1.56 bits per heavy atom. The van der Waals surface area contributed by atoms with Crippen molar-refractivity contribution in [2.75, 3.05) is 0 Å². The van der Waals surface area contributed by atoms with Crippen LogP contribution in [-0.4, -0.2) is 10.3 Å². The molecule has 0 aromatic heterocycles. The molecule has 0 aliphatic rings. The number of non-ortho nitro benzene ring substituents is 1. The van der Waals surface area contributed by atoms with Crippen LogP contribution in [0.5, 0.6) is 0 Å². The summed E-state index contributed by atoms with van der Waals surface area (Å²) in [5.41, 5.74) is 1.10. The van der Waals surface area contributed by atoms with Crippen LogP contribution in [0.25, 0.3) is 0 Å². The molecule has 3 nitrogen and oxygen atoms in total. The number of rotatable bonds is 4. The Morgan fingerprint density at radius 2 is 2.19 bits per heavy atom. The lowest BCUT2D eigenvalue weighted by Gasteiger charge is -2.18. The number of alkyl halides is 1. The second-order valence-electron chi connectivity index (χ2n) is 3.68. The molecule has 0 saturated carbocycles. The average molecular weight is 307 g/mol. The summed E-state index contributed by atoms with van der Waals surface area (Å²) in [7, 11) is 0. The Bertz CT molecular complexity index is 398. The molecular formula is C11H13BrClNO2. The number of benzene rings is 1. The van der Waals surface area contributed by atoms with E-state index in [0.717, 1.165) is 16.5 Å². The van der Waals surface area contributed by atoms with Gasteiger partial charge in [0.05, 0.1) is 4.92 Å². The average Bonchev–Trinajstić information content (AvgIpc) is 2.26. The van der Waals surface area contributed by atoms with Gasteiger partial charge in [0.1, 0.15) is 0 Å². The topological polar surface area (TPSA) is 43.1 Å². The van der Waals surface area contributed by atoms with Crippen molar-refractivity contribution in [3.63, 3.8) is 0 Å². The zero-order valence-electron chi connectivity index (χ0n) is 9.11. The first kappa shape index (κ1) is 13.5. The van der Waals surface area contributed by atoms with Gasteiger partial charge in [-0.25, -0.2) is 0 Å². The number of halogens is 2. The molecule has 0 saturated heterocycles. The lowest BCUT2D eigenvalue weighted by Crippen LogP contribution is -2.09. The number of nitrogens with zero attached hydrogens (tertiary/aromatic N) is 1. The van der Waals surface area contributed by atoms with Crippen LogP contribution in [0, 0.1) is 10.1 Å². The highest BCUT2D eigenvalue weighted by Crippen LogP contribution is 2.33. The van der Waals surface area contributed by atoms with Crippen LogP contribution in [0.15, 0.2) is 22.7 Å². The molecule has 0 aliphatic carbocycles. The van der Waals surface area contributed by atoms with Gasteiger partial charge < -0.3 is 0 Å². The van der Waals surface area contributed by atoms with E-state index < -0.39 is 4.92 Å². The van der Waals surface area contributed by atoms with Gasteiger partial charge in [-0.3, -0.25) is 10.1 Å². The van der Waals surface area contributed by atoms with Crippen LogP contribution in [-0.2, 0) is 0 Å². The number of hydrogen-bond acceptors (Lipinski definition) is 2. The van der Waals surface area contributed by atoms with Crippen LogP contribution in [0.1, 0.15) is 31.7 Å². The smallest absolute Gasteiger partial charge is 0.258 e. The van der Waals surface area contributed by atoms with E-state index >= 15 is 0 Å². The molecule has 0 aliphatic heterocycles. The van der Waals surface area contributed by atoms with Crippen molar-refractivity contribution in [3.05, 3.63) is 38.3 Å². The summed E-state index contributed by atoms with van der Waals surface area (Å²) in [6.45, 7) is 4.04. The number of hydrogen-bond donors (Lipinski definition) is 0. The maximum atomic E-state index is 10.6. The zero-order chi connectivity index (χ0) is 12.3. The molecular weight excluding hydrogens is 293 g/mol. The molecule has 0 spiro atoms. The molecule has 0 bridgehead atoms. The lowest BCUT2D eigenvalue weighted by molar-refractivity contribution is -0.384. The molecule has 2 atom stereocenters. The Balaban J connectivity index is 3.03. The first-order valence-electron chi connectivity index (χ1n) is 5.05. The summed E-state index contributed by atoms with van der Waals surface area (Å²) in [5, 5.41) is 10.6. The van der Waals surface area contributed by atoms with E-state index in [4.69, 9.17) is 11.6 Å². The monoisotopic (exact) mass is 305 g/mol. The highest BCUT2D eigenvalue weighted by atomic mass is 79.9. The van der Waals surface area contributed by atoms with Crippen molar-refractivity contribution < 1.29 is 4.92 Å². The van der Waals surface area contributed by atoms with E-state index in [1.807, 2.05) is 13.8 Å². The van der Waals surface area contributed by atoms with Crippen molar-refractivity contribution >= 4 is 33.2 Å². The highest BCUT2D eigenvalue weighted by Gasteiger charge is 2.19. The Labute approximate surface area is 108 Å². The summed E-state index contributed by atoms with van der Waals surface area (Å²) in [5.74, 6) is 0.168. The van der Waals surface area contributed by atoms with Gasteiger partial charge in [0.25, 0.3) is 5.69 Å². The second-order valence-corrected chi connectivity index (χ2v) is 5.09. The molecule has 88 valence electrons. The molecule has 2 unspecified atom stereocenters. The largest absolute Gasteiger partial charge is 0.270 e. The Hall–Kier alpha value is -0.610. The van der Waals surface area contributed by atoms with E-state index in [0.29, 0.717) is 0 Å². The molecule has 1 rings (SSSR count). The van der Waals surface area contributed by atoms with Gasteiger partial charge in [0, 0.05) is 22.0 Å². The van der Waals surface area contributed by atoms with Gasteiger partial charge in [0.15, 0.2) is 0 Å². The standard InChI is InChI=1S/C11H13BrClNO2/c1-3-11(13)7(2)9-5-4-8(14(15)16)6-10(9)12/h4-7,11H,3H2,1-2H3. The van der Waals surface area contributed by atoms with Gasteiger partial charge in [0.2, 0.25) is 0 Å². The van der Waals surface area contributed by atoms with Crippen LogP contribution in [0.4, 0.5) is 5.69 Å². The molecule has 5 heteroatoms. The van der Waals surface area contributed by atoms with Crippen molar-refractivity contribution in [3.8, 4) is 0 Å². The fourth-order valence-electron chi connectivity index (χ4n) is 1.55. The van der Waals surface area contributed by atoms with Crippen LogP contribution >= 0.6 is 27.5 Å². The summed E-state index contributed by atoms with van der Waals surface area (Å²) < 4.78 is 0.744. The maximum Gasteiger partial charge on any atom is 0.270 e. The molecule has 1 aromatic rings. The summed E-state index contributed by atoms with van der Waals surface area (Å²) in [6, 6.07) is 4.79. The predicted molar refractivity (Wildman–Crippen MR) is 69.1 cm³/mol. The van der Waals surface area contributed by atoms with Crippen molar-refractivity contribution in [1.29, 1.82) is 0 Å². The maximum absolute atomic E-state index is 10.6. The second kappa shape index (κ2) is 5.64. The summed E-state index contributed by atoms with van der Waals surface area (Å²) in [6.07, 6.45) is 0.867. The quantitative estimate of drug-likeness (QED) is 0.467. The summed E-state index contributed by atoms with van der Waals surface area (Å²) >= 11 is 9.52. The molecule has 0 fully saturated rings. The van der Waals surface area contributed by atoms with Gasteiger partial charge in [-0.05, 0) is 17.9 Å². The minimum atomic E-state index is -0.406. The molecule has 0 N–H and O–H groups in total. The normalized spacial score (nSPS) is 14.5.